The maximum absolute atomic E-state index is 12.4. The standard InChI is InChI=1S/C19H29NO3Si/c1-13-9-15-11-20(21)16(10-17(15)18(22-6)14(13)2)12-23-24(7,8)19(3,4)5/h9-11H,12H2,1-8H3. The Balaban J connectivity index is 2.46. The molecule has 1 aromatic heterocycles. The highest BCUT2D eigenvalue weighted by Gasteiger charge is 2.37. The van der Waals surface area contributed by atoms with E-state index < -0.39 is 8.32 Å². The predicted octanol–water partition coefficient (Wildman–Crippen LogP) is 4.62. The molecule has 132 valence electrons. The molecule has 1 heterocycles. The molecule has 2 aromatic rings. The van der Waals surface area contributed by atoms with Gasteiger partial charge >= 0.3 is 0 Å². The molecule has 24 heavy (non-hydrogen) atoms. The Hall–Kier alpha value is -1.59. The lowest BCUT2D eigenvalue weighted by Gasteiger charge is -2.35. The van der Waals surface area contributed by atoms with Gasteiger partial charge in [0.05, 0.1) is 12.5 Å². The molecule has 0 bridgehead atoms. The number of hydrogen-bond acceptors (Lipinski definition) is 3. The van der Waals surface area contributed by atoms with Crippen molar-refractivity contribution in [2.75, 3.05) is 7.11 Å². The van der Waals surface area contributed by atoms with Crippen LogP contribution in [-0.4, -0.2) is 15.4 Å². The van der Waals surface area contributed by atoms with Gasteiger partial charge in [0.2, 0.25) is 5.69 Å². The van der Waals surface area contributed by atoms with Gasteiger partial charge in [0, 0.05) is 11.5 Å². The van der Waals surface area contributed by atoms with Crippen LogP contribution in [0.3, 0.4) is 0 Å². The van der Waals surface area contributed by atoms with Crippen molar-refractivity contribution in [2.45, 2.75) is 59.4 Å². The minimum atomic E-state index is -1.90. The lowest BCUT2D eigenvalue weighted by molar-refractivity contribution is -0.614. The van der Waals surface area contributed by atoms with Crippen molar-refractivity contribution < 1.29 is 13.9 Å². The summed E-state index contributed by atoms with van der Waals surface area (Å²) in [6.07, 6.45) is 1.62. The normalized spacial score (nSPS) is 12.7. The number of aromatic nitrogens is 1. The molecular weight excluding hydrogens is 318 g/mol. The molecule has 0 amide bonds. The van der Waals surface area contributed by atoms with Gasteiger partial charge in [-0.15, -0.1) is 0 Å². The molecule has 0 spiro atoms. The van der Waals surface area contributed by atoms with Gasteiger partial charge in [-0.25, -0.2) is 0 Å². The molecule has 0 aliphatic heterocycles. The number of benzene rings is 1. The Labute approximate surface area is 146 Å². The Kier molecular flexibility index (Phi) is 4.98. The molecule has 0 fully saturated rings. The smallest absolute Gasteiger partial charge is 0.218 e. The second-order valence-electron chi connectivity index (χ2n) is 7.99. The van der Waals surface area contributed by atoms with Crippen LogP contribution in [0.4, 0.5) is 0 Å². The van der Waals surface area contributed by atoms with E-state index in [-0.39, 0.29) is 5.04 Å². The van der Waals surface area contributed by atoms with E-state index in [1.54, 1.807) is 13.3 Å². The quantitative estimate of drug-likeness (QED) is 0.460. The summed E-state index contributed by atoms with van der Waals surface area (Å²) in [6, 6.07) is 3.93. The van der Waals surface area contributed by atoms with E-state index >= 15 is 0 Å². The zero-order chi connectivity index (χ0) is 18.3. The molecule has 0 aliphatic carbocycles. The number of hydrogen-bond donors (Lipinski definition) is 0. The maximum atomic E-state index is 12.4. The highest BCUT2D eigenvalue weighted by molar-refractivity contribution is 6.74. The zero-order valence-corrected chi connectivity index (χ0v) is 17.1. The van der Waals surface area contributed by atoms with Crippen molar-refractivity contribution in [3.05, 3.63) is 40.4 Å². The van der Waals surface area contributed by atoms with E-state index in [1.165, 1.54) is 0 Å². The van der Waals surface area contributed by atoms with Crippen LogP contribution in [0.15, 0.2) is 18.3 Å². The van der Waals surface area contributed by atoms with Gasteiger partial charge in [-0.3, -0.25) is 0 Å². The number of pyridine rings is 1. The minimum Gasteiger partial charge on any atom is -0.618 e. The fraction of sp³-hybridized carbons (Fsp3) is 0.526. The van der Waals surface area contributed by atoms with Crippen molar-refractivity contribution >= 4 is 19.1 Å². The SMILES string of the molecule is COc1c(C)c(C)cc2c[n+]([O-])c(CO[Si](C)(C)C(C)(C)C)cc12. The van der Waals surface area contributed by atoms with Crippen LogP contribution in [0, 0.1) is 19.1 Å². The largest absolute Gasteiger partial charge is 0.618 e. The first kappa shape index (κ1) is 18.7. The van der Waals surface area contributed by atoms with Crippen molar-refractivity contribution in [1.82, 2.24) is 0 Å². The van der Waals surface area contributed by atoms with Gasteiger partial charge < -0.3 is 14.4 Å². The molecule has 0 saturated heterocycles. The molecular formula is C19H29NO3Si. The lowest BCUT2D eigenvalue weighted by Crippen LogP contribution is -2.42. The molecule has 0 unspecified atom stereocenters. The third-order valence-electron chi connectivity index (χ3n) is 5.30. The molecule has 0 atom stereocenters. The van der Waals surface area contributed by atoms with Gasteiger partial charge in [-0.05, 0) is 49.2 Å². The second kappa shape index (κ2) is 6.37. The summed E-state index contributed by atoms with van der Waals surface area (Å²) in [5.41, 5.74) is 2.84. The van der Waals surface area contributed by atoms with Gasteiger partial charge in [-0.2, -0.15) is 4.73 Å². The van der Waals surface area contributed by atoms with Crippen LogP contribution in [0.5, 0.6) is 5.75 Å². The molecule has 4 nitrogen and oxygen atoms in total. The number of ether oxygens (including phenoxy) is 1. The maximum Gasteiger partial charge on any atom is 0.218 e. The minimum absolute atomic E-state index is 0.114. The number of nitrogens with zero attached hydrogens (tertiary/aromatic N) is 1. The van der Waals surface area contributed by atoms with Gasteiger partial charge in [-0.1, -0.05) is 20.8 Å². The molecule has 0 saturated carbocycles. The van der Waals surface area contributed by atoms with Crippen molar-refractivity contribution in [3.8, 4) is 5.75 Å². The fourth-order valence-electron chi connectivity index (χ4n) is 2.47. The Morgan fingerprint density at radius 3 is 2.33 bits per heavy atom. The monoisotopic (exact) mass is 347 g/mol. The van der Waals surface area contributed by atoms with E-state index in [0.29, 0.717) is 12.3 Å². The molecule has 2 rings (SSSR count). The first-order chi connectivity index (χ1) is 11.0. The molecule has 0 N–H and O–H groups in total. The van der Waals surface area contributed by atoms with Crippen LogP contribution in [0.1, 0.15) is 37.6 Å². The van der Waals surface area contributed by atoms with Gasteiger partial charge in [0.1, 0.15) is 12.4 Å². The van der Waals surface area contributed by atoms with Crippen molar-refractivity contribution in [2.24, 2.45) is 0 Å². The lowest BCUT2D eigenvalue weighted by atomic mass is 10.0. The summed E-state index contributed by atoms with van der Waals surface area (Å²) >= 11 is 0. The van der Waals surface area contributed by atoms with Crippen LogP contribution in [-0.2, 0) is 11.0 Å². The van der Waals surface area contributed by atoms with Gasteiger partial charge in [0.25, 0.3) is 0 Å². The van der Waals surface area contributed by atoms with E-state index in [0.717, 1.165) is 32.4 Å². The summed E-state index contributed by atoms with van der Waals surface area (Å²) in [6.45, 7) is 15.4. The Morgan fingerprint density at radius 1 is 1.17 bits per heavy atom. The van der Waals surface area contributed by atoms with Crippen LogP contribution in [0.25, 0.3) is 10.8 Å². The van der Waals surface area contributed by atoms with Crippen LogP contribution >= 0.6 is 0 Å². The first-order valence-electron chi connectivity index (χ1n) is 8.32. The van der Waals surface area contributed by atoms with E-state index in [9.17, 15) is 5.21 Å². The zero-order valence-electron chi connectivity index (χ0n) is 16.1. The van der Waals surface area contributed by atoms with Crippen molar-refractivity contribution in [3.63, 3.8) is 0 Å². The average molecular weight is 348 g/mol. The van der Waals surface area contributed by atoms with Crippen LogP contribution < -0.4 is 9.47 Å². The number of rotatable bonds is 4. The molecule has 0 aliphatic rings. The first-order valence-corrected chi connectivity index (χ1v) is 11.2. The summed E-state index contributed by atoms with van der Waals surface area (Å²) < 4.78 is 12.7. The highest BCUT2D eigenvalue weighted by atomic mass is 28.4. The summed E-state index contributed by atoms with van der Waals surface area (Å²) in [5, 5.41) is 14.4. The summed E-state index contributed by atoms with van der Waals surface area (Å²) in [7, 11) is -0.231. The fourth-order valence-corrected chi connectivity index (χ4v) is 3.41. The topological polar surface area (TPSA) is 45.4 Å². The molecule has 0 radical (unpaired) electrons. The van der Waals surface area contributed by atoms with Crippen LogP contribution in [0.2, 0.25) is 18.1 Å². The Bertz CT molecular complexity index is 764. The second-order valence-corrected chi connectivity index (χ2v) is 12.8. The Morgan fingerprint density at radius 2 is 1.79 bits per heavy atom. The van der Waals surface area contributed by atoms with E-state index in [1.807, 2.05) is 26.0 Å². The number of aryl methyl sites for hydroxylation is 1. The van der Waals surface area contributed by atoms with Gasteiger partial charge in [0.15, 0.2) is 14.5 Å². The highest BCUT2D eigenvalue weighted by Crippen LogP contribution is 2.37. The number of methoxy groups -OCH3 is 1. The van der Waals surface area contributed by atoms with E-state index in [4.69, 9.17) is 9.16 Å². The van der Waals surface area contributed by atoms with Crippen molar-refractivity contribution in [1.29, 1.82) is 0 Å². The third kappa shape index (κ3) is 3.42. The summed E-state index contributed by atoms with van der Waals surface area (Å²) in [4.78, 5) is 0. The molecule has 5 heteroatoms. The predicted molar refractivity (Wildman–Crippen MR) is 101 cm³/mol. The summed E-state index contributed by atoms with van der Waals surface area (Å²) in [5.74, 6) is 0.833. The third-order valence-corrected chi connectivity index (χ3v) is 9.78. The average Bonchev–Trinajstić information content (AvgIpc) is 2.46. The number of fused-ring (bicyclic) bond motifs is 1. The van der Waals surface area contributed by atoms with E-state index in [2.05, 4.69) is 33.9 Å². The molecule has 1 aromatic carbocycles.